The minimum Gasteiger partial charge on any atom is -0.508 e. The Balaban J connectivity index is 1.96. The second kappa shape index (κ2) is 7.48. The lowest BCUT2D eigenvalue weighted by Gasteiger charge is -2.19. The Kier molecular flexibility index (Phi) is 5.65. The Bertz CT molecular complexity index is 584. The summed E-state index contributed by atoms with van der Waals surface area (Å²) < 4.78 is 0.967. The van der Waals surface area contributed by atoms with Gasteiger partial charge in [-0.3, -0.25) is 0 Å². The molecular weight excluding hydrogens is 330 g/mol. The molecule has 0 saturated carbocycles. The van der Waals surface area contributed by atoms with E-state index in [9.17, 15) is 10.2 Å². The van der Waals surface area contributed by atoms with Gasteiger partial charge < -0.3 is 15.5 Å². The van der Waals surface area contributed by atoms with Crippen LogP contribution in [0.25, 0.3) is 0 Å². The molecule has 1 atom stereocenters. The molecule has 1 unspecified atom stereocenters. The van der Waals surface area contributed by atoms with Crippen LogP contribution in [0.15, 0.2) is 46.9 Å². The lowest BCUT2D eigenvalue weighted by atomic mass is 10.0. The van der Waals surface area contributed by atoms with Crippen LogP contribution < -0.4 is 5.32 Å². The van der Waals surface area contributed by atoms with Crippen molar-refractivity contribution < 1.29 is 10.2 Å². The van der Waals surface area contributed by atoms with Crippen LogP contribution in [0.2, 0.25) is 0 Å². The van der Waals surface area contributed by atoms with Gasteiger partial charge in [-0.25, -0.2) is 0 Å². The molecular formula is C17H20BrNO2. The SMILES string of the molecule is CCC(NCCc1ccc(O)cc1)c1cc(Br)ccc1O. The summed E-state index contributed by atoms with van der Waals surface area (Å²) in [6.07, 6.45) is 1.78. The van der Waals surface area contributed by atoms with Crippen molar-refractivity contribution in [2.45, 2.75) is 25.8 Å². The number of aromatic hydroxyl groups is 2. The quantitative estimate of drug-likeness (QED) is 0.734. The van der Waals surface area contributed by atoms with E-state index in [1.54, 1.807) is 18.2 Å². The molecule has 0 saturated heterocycles. The van der Waals surface area contributed by atoms with Crippen LogP contribution in [0.3, 0.4) is 0 Å². The molecule has 0 spiro atoms. The average Bonchev–Trinajstić information content (AvgIpc) is 2.48. The van der Waals surface area contributed by atoms with E-state index in [4.69, 9.17) is 0 Å². The second-order valence-corrected chi connectivity index (χ2v) is 5.95. The summed E-state index contributed by atoms with van der Waals surface area (Å²) in [7, 11) is 0. The maximum Gasteiger partial charge on any atom is 0.120 e. The van der Waals surface area contributed by atoms with Crippen molar-refractivity contribution in [3.63, 3.8) is 0 Å². The van der Waals surface area contributed by atoms with Gasteiger partial charge in [-0.15, -0.1) is 0 Å². The molecule has 0 amide bonds. The monoisotopic (exact) mass is 349 g/mol. The number of phenolic OH excluding ortho intramolecular Hbond substituents is 2. The molecule has 0 bridgehead atoms. The van der Waals surface area contributed by atoms with Crippen molar-refractivity contribution in [1.82, 2.24) is 5.32 Å². The summed E-state index contributed by atoms with van der Waals surface area (Å²) in [5.41, 5.74) is 2.09. The Morgan fingerprint density at radius 3 is 2.48 bits per heavy atom. The smallest absolute Gasteiger partial charge is 0.120 e. The highest BCUT2D eigenvalue weighted by atomic mass is 79.9. The van der Waals surface area contributed by atoms with Crippen LogP contribution in [0.4, 0.5) is 0 Å². The molecule has 2 aromatic carbocycles. The van der Waals surface area contributed by atoms with Crippen molar-refractivity contribution in [1.29, 1.82) is 0 Å². The molecule has 4 heteroatoms. The molecule has 112 valence electrons. The Hall–Kier alpha value is -1.52. The predicted octanol–water partition coefficient (Wildman–Crippen LogP) is 4.14. The lowest BCUT2D eigenvalue weighted by Crippen LogP contribution is -2.23. The fourth-order valence-electron chi connectivity index (χ4n) is 2.33. The van der Waals surface area contributed by atoms with Gasteiger partial charge in [0, 0.05) is 16.1 Å². The zero-order valence-electron chi connectivity index (χ0n) is 12.0. The first-order valence-electron chi connectivity index (χ1n) is 7.10. The van der Waals surface area contributed by atoms with Gasteiger partial charge in [0.15, 0.2) is 0 Å². The van der Waals surface area contributed by atoms with Gasteiger partial charge in [-0.05, 0) is 55.3 Å². The summed E-state index contributed by atoms with van der Waals surface area (Å²) in [4.78, 5) is 0. The number of halogens is 1. The fourth-order valence-corrected chi connectivity index (χ4v) is 2.71. The van der Waals surface area contributed by atoms with E-state index < -0.39 is 0 Å². The fraction of sp³-hybridized carbons (Fsp3) is 0.294. The van der Waals surface area contributed by atoms with Crippen LogP contribution in [0, 0.1) is 0 Å². The summed E-state index contributed by atoms with van der Waals surface area (Å²) in [5.74, 6) is 0.611. The summed E-state index contributed by atoms with van der Waals surface area (Å²) in [6.45, 7) is 2.91. The standard InChI is InChI=1S/C17H20BrNO2/c1-2-16(15-11-13(18)5-8-17(15)21)19-10-9-12-3-6-14(20)7-4-12/h3-8,11,16,19-21H,2,9-10H2,1H3. The first-order chi connectivity index (χ1) is 10.1. The first kappa shape index (κ1) is 15.9. The molecule has 0 aliphatic rings. The largest absolute Gasteiger partial charge is 0.508 e. The summed E-state index contributed by atoms with van der Waals surface area (Å²) >= 11 is 3.44. The summed E-state index contributed by atoms with van der Waals surface area (Å²) in [6, 6.07) is 12.9. The minimum absolute atomic E-state index is 0.125. The maximum atomic E-state index is 9.99. The van der Waals surface area contributed by atoms with E-state index in [0.29, 0.717) is 5.75 Å². The van der Waals surface area contributed by atoms with Gasteiger partial charge in [0.1, 0.15) is 11.5 Å². The number of benzene rings is 2. The zero-order chi connectivity index (χ0) is 15.2. The maximum absolute atomic E-state index is 9.99. The van der Waals surface area contributed by atoms with Crippen LogP contribution >= 0.6 is 15.9 Å². The minimum atomic E-state index is 0.125. The van der Waals surface area contributed by atoms with Crippen molar-refractivity contribution in [3.8, 4) is 11.5 Å². The van der Waals surface area contributed by atoms with Crippen LogP contribution in [-0.2, 0) is 6.42 Å². The van der Waals surface area contributed by atoms with Crippen molar-refractivity contribution in [2.24, 2.45) is 0 Å². The predicted molar refractivity (Wildman–Crippen MR) is 88.7 cm³/mol. The molecule has 3 N–H and O–H groups in total. The van der Waals surface area contributed by atoms with Crippen molar-refractivity contribution >= 4 is 15.9 Å². The van der Waals surface area contributed by atoms with Crippen molar-refractivity contribution in [3.05, 3.63) is 58.1 Å². The molecule has 3 nitrogen and oxygen atoms in total. The lowest BCUT2D eigenvalue weighted by molar-refractivity contribution is 0.442. The molecule has 2 aromatic rings. The number of phenols is 2. The van der Waals surface area contributed by atoms with Gasteiger partial charge in [-0.2, -0.15) is 0 Å². The van der Waals surface area contributed by atoms with E-state index in [0.717, 1.165) is 29.4 Å². The molecule has 0 fully saturated rings. The number of hydrogen-bond acceptors (Lipinski definition) is 3. The van der Waals surface area contributed by atoms with E-state index >= 15 is 0 Å². The van der Waals surface area contributed by atoms with Gasteiger partial charge in [0.2, 0.25) is 0 Å². The van der Waals surface area contributed by atoms with Gasteiger partial charge >= 0.3 is 0 Å². The number of rotatable bonds is 6. The van der Waals surface area contributed by atoms with Crippen LogP contribution in [0.1, 0.15) is 30.5 Å². The van der Waals surface area contributed by atoms with E-state index in [1.807, 2.05) is 24.3 Å². The Labute approximate surface area is 133 Å². The average molecular weight is 350 g/mol. The van der Waals surface area contributed by atoms with Gasteiger partial charge in [-0.1, -0.05) is 35.0 Å². The third kappa shape index (κ3) is 4.48. The Morgan fingerprint density at radius 2 is 1.81 bits per heavy atom. The van der Waals surface area contributed by atoms with Gasteiger partial charge in [0.25, 0.3) is 0 Å². The molecule has 0 aromatic heterocycles. The van der Waals surface area contributed by atoms with Crippen LogP contribution in [0.5, 0.6) is 11.5 Å². The molecule has 0 heterocycles. The van der Waals surface area contributed by atoms with E-state index in [2.05, 4.69) is 28.2 Å². The molecule has 21 heavy (non-hydrogen) atoms. The van der Waals surface area contributed by atoms with Gasteiger partial charge in [0.05, 0.1) is 0 Å². The Morgan fingerprint density at radius 1 is 1.10 bits per heavy atom. The molecule has 0 radical (unpaired) electrons. The van der Waals surface area contributed by atoms with Crippen LogP contribution in [-0.4, -0.2) is 16.8 Å². The molecule has 0 aliphatic heterocycles. The van der Waals surface area contributed by atoms with Crippen molar-refractivity contribution in [2.75, 3.05) is 6.54 Å². The first-order valence-corrected chi connectivity index (χ1v) is 7.89. The molecule has 2 rings (SSSR count). The highest BCUT2D eigenvalue weighted by molar-refractivity contribution is 9.10. The molecule has 0 aliphatic carbocycles. The van der Waals surface area contributed by atoms with E-state index in [1.165, 1.54) is 5.56 Å². The zero-order valence-corrected chi connectivity index (χ0v) is 13.6. The third-order valence-corrected chi connectivity index (χ3v) is 4.01. The highest BCUT2D eigenvalue weighted by Crippen LogP contribution is 2.29. The third-order valence-electron chi connectivity index (χ3n) is 3.51. The second-order valence-electron chi connectivity index (χ2n) is 5.03. The van der Waals surface area contributed by atoms with E-state index in [-0.39, 0.29) is 11.8 Å². The topological polar surface area (TPSA) is 52.5 Å². The summed E-state index contributed by atoms with van der Waals surface area (Å²) in [5, 5.41) is 22.7. The number of hydrogen-bond donors (Lipinski definition) is 3. The normalized spacial score (nSPS) is 12.3. The number of nitrogens with one attached hydrogen (secondary N) is 1. The highest BCUT2D eigenvalue weighted by Gasteiger charge is 2.13.